The van der Waals surface area contributed by atoms with E-state index in [4.69, 9.17) is 23.7 Å². The summed E-state index contributed by atoms with van der Waals surface area (Å²) >= 11 is 0. The molecule has 2 unspecified atom stereocenters. The molecule has 2 N–H and O–H groups in total. The number of carbonyl (C=O) groups is 5. The lowest BCUT2D eigenvalue weighted by Gasteiger charge is -2.39. The maximum atomic E-state index is 14.2. The van der Waals surface area contributed by atoms with E-state index in [1.165, 1.54) is 13.2 Å². The molecule has 0 aromatic rings. The molecule has 70 heavy (non-hydrogen) atoms. The largest absolute Gasteiger partial charge is 0.462 e. The SMILES string of the molecule is CCC(C)(C)C(C)C(=O)N1CCCC[C@H]1C(=O)O/C(=C\C(=O)[C@H](C)/C=C(\C)[C@@H](O)[C@@H](OC)C(=O)[C@H](C)C[C@H](C)/C=C/C=C/C=C(\C)[C@H](CC1CC[C@@H](C)C(=O)O1)OC)[C@H](C)C[C@@H]1CC[C@@H](O)[C@H](OC)C1. The number of cyclic esters (lactones) is 1. The van der Waals surface area contributed by atoms with Gasteiger partial charge in [0.2, 0.25) is 5.91 Å². The van der Waals surface area contributed by atoms with Crippen LogP contribution in [0.2, 0.25) is 0 Å². The van der Waals surface area contributed by atoms with Crippen LogP contribution in [0.5, 0.6) is 0 Å². The van der Waals surface area contributed by atoms with Crippen LogP contribution in [0.1, 0.15) is 153 Å². The maximum absolute atomic E-state index is 14.2. The van der Waals surface area contributed by atoms with Gasteiger partial charge in [-0.15, -0.1) is 0 Å². The number of allylic oxidation sites excluding steroid dienone is 8. The minimum Gasteiger partial charge on any atom is -0.462 e. The van der Waals surface area contributed by atoms with Crippen LogP contribution in [0.3, 0.4) is 0 Å². The van der Waals surface area contributed by atoms with E-state index in [0.717, 1.165) is 44.1 Å². The third-order valence-electron chi connectivity index (χ3n) is 15.7. The van der Waals surface area contributed by atoms with Gasteiger partial charge in [0.15, 0.2) is 11.6 Å². The first kappa shape index (κ1) is 60.6. The number of nitrogens with zero attached hydrogens (tertiary/aromatic N) is 1. The molecule has 2 aliphatic heterocycles. The van der Waals surface area contributed by atoms with Crippen molar-refractivity contribution in [3.05, 3.63) is 59.4 Å². The molecule has 14 atom stereocenters. The number of rotatable bonds is 26. The number of hydrogen-bond acceptors (Lipinski definition) is 12. The fourth-order valence-corrected chi connectivity index (χ4v) is 9.98. The topological polar surface area (TPSA) is 175 Å². The molecular weight excluding hydrogens is 891 g/mol. The fraction of sp³-hybridized carbons (Fsp3) is 0.737. The molecule has 0 bridgehead atoms. The number of likely N-dealkylation sites (tertiary alicyclic amines) is 1. The number of aliphatic hydroxyl groups is 2. The van der Waals surface area contributed by atoms with E-state index in [-0.39, 0.29) is 82.5 Å². The summed E-state index contributed by atoms with van der Waals surface area (Å²) in [6.07, 6.45) is 17.3. The van der Waals surface area contributed by atoms with Crippen LogP contribution >= 0.6 is 0 Å². The summed E-state index contributed by atoms with van der Waals surface area (Å²) in [5.74, 6) is -2.90. The van der Waals surface area contributed by atoms with Crippen molar-refractivity contribution in [1.29, 1.82) is 0 Å². The summed E-state index contributed by atoms with van der Waals surface area (Å²) in [4.78, 5) is 69.6. The van der Waals surface area contributed by atoms with Crippen molar-refractivity contribution in [3.63, 3.8) is 0 Å². The van der Waals surface area contributed by atoms with E-state index in [9.17, 15) is 34.2 Å². The highest BCUT2D eigenvalue weighted by atomic mass is 16.6. The third kappa shape index (κ3) is 17.8. The highest BCUT2D eigenvalue weighted by Crippen LogP contribution is 2.36. The fourth-order valence-electron chi connectivity index (χ4n) is 9.98. The Hall–Kier alpha value is -3.75. The number of hydrogen-bond donors (Lipinski definition) is 2. The van der Waals surface area contributed by atoms with E-state index < -0.39 is 42.2 Å². The Labute approximate surface area is 420 Å². The Morgan fingerprint density at radius 2 is 1.59 bits per heavy atom. The number of aliphatic hydroxyl groups excluding tert-OH is 2. The number of piperidine rings is 1. The van der Waals surface area contributed by atoms with Gasteiger partial charge in [0.05, 0.1) is 24.2 Å². The van der Waals surface area contributed by atoms with Crippen LogP contribution in [-0.4, -0.2) is 115 Å². The minimum atomic E-state index is -1.31. The van der Waals surface area contributed by atoms with E-state index in [1.807, 2.05) is 71.9 Å². The summed E-state index contributed by atoms with van der Waals surface area (Å²) in [5, 5.41) is 22.0. The number of methoxy groups -OCH3 is 3. The number of ether oxygens (including phenoxy) is 5. The smallest absolute Gasteiger partial charge is 0.333 e. The van der Waals surface area contributed by atoms with E-state index >= 15 is 0 Å². The molecule has 3 aliphatic rings. The van der Waals surface area contributed by atoms with Crippen molar-refractivity contribution in [3.8, 4) is 0 Å². The van der Waals surface area contributed by atoms with Gasteiger partial charge in [-0.1, -0.05) is 105 Å². The standard InChI is InChI=1S/C57H91NO12/c1-15-57(10,11)42(9)54(63)58-28-20-19-23-45(58)56(65)70-49(39(6)31-43-25-27-46(59)50(32-43)67-13)34-47(60)38(5)30-41(8)52(62)53(68-14)51(61)40(7)29-35(2)21-17-16-18-22-36(3)48(66-12)33-44-26-24-37(4)55(64)69-44/h16-18,21-22,30,34-35,37-40,42-46,48,50,52-53,59,62H,15,19-20,23-29,31-33H2,1-14H3/b18-16+,21-17+,36-22+,41-30+,49-34-/t35-,37-,38-,39-,40-,42?,43+,44?,45+,46-,48+,50-,52-,53+/m1/s1. The highest BCUT2D eigenvalue weighted by molar-refractivity contribution is 5.94. The van der Waals surface area contributed by atoms with E-state index in [2.05, 4.69) is 20.8 Å². The first-order chi connectivity index (χ1) is 33.0. The average molecular weight is 982 g/mol. The lowest BCUT2D eigenvalue weighted by atomic mass is 9.76. The molecule has 1 amide bonds. The molecule has 3 fully saturated rings. The molecule has 13 heteroatoms. The Kier molecular flexibility index (Phi) is 25.2. The Bertz CT molecular complexity index is 1880. The predicted molar refractivity (Wildman–Crippen MR) is 273 cm³/mol. The normalized spacial score (nSPS) is 26.8. The zero-order valence-corrected chi connectivity index (χ0v) is 45.2. The van der Waals surface area contributed by atoms with Crippen molar-refractivity contribution in [2.45, 2.75) is 196 Å². The number of esters is 2. The highest BCUT2D eigenvalue weighted by Gasteiger charge is 2.41. The molecule has 1 aliphatic carbocycles. The Morgan fingerprint density at radius 3 is 2.21 bits per heavy atom. The predicted octanol–water partition coefficient (Wildman–Crippen LogP) is 9.63. The van der Waals surface area contributed by atoms with Crippen molar-refractivity contribution in [2.24, 2.45) is 46.8 Å². The summed E-state index contributed by atoms with van der Waals surface area (Å²) in [6.45, 7) is 21.6. The molecule has 1 saturated carbocycles. The zero-order valence-electron chi connectivity index (χ0n) is 45.2. The van der Waals surface area contributed by atoms with Crippen LogP contribution in [0.25, 0.3) is 0 Å². The summed E-state index contributed by atoms with van der Waals surface area (Å²) < 4.78 is 28.7. The second-order valence-corrected chi connectivity index (χ2v) is 21.6. The van der Waals surface area contributed by atoms with Gasteiger partial charge in [-0.05, 0) is 106 Å². The maximum Gasteiger partial charge on any atom is 0.333 e. The van der Waals surface area contributed by atoms with Crippen molar-refractivity contribution in [2.75, 3.05) is 27.9 Å². The first-order valence-electron chi connectivity index (χ1n) is 26.2. The minimum absolute atomic E-state index is 0.0368. The van der Waals surface area contributed by atoms with Gasteiger partial charge in [0.1, 0.15) is 30.1 Å². The molecule has 3 rings (SSSR count). The molecule has 2 heterocycles. The van der Waals surface area contributed by atoms with Crippen LogP contribution < -0.4 is 0 Å². The zero-order chi connectivity index (χ0) is 52.5. The molecule has 0 aromatic carbocycles. The van der Waals surface area contributed by atoms with Gasteiger partial charge in [0, 0.05) is 64.0 Å². The van der Waals surface area contributed by atoms with Gasteiger partial charge in [-0.25, -0.2) is 4.79 Å². The number of carbonyl (C=O) groups excluding carboxylic acids is 5. The van der Waals surface area contributed by atoms with Gasteiger partial charge in [-0.3, -0.25) is 19.2 Å². The molecule has 2 saturated heterocycles. The molecule has 13 nitrogen and oxygen atoms in total. The van der Waals surface area contributed by atoms with Crippen LogP contribution in [-0.2, 0) is 47.7 Å². The van der Waals surface area contributed by atoms with Crippen molar-refractivity contribution < 1.29 is 57.9 Å². The summed E-state index contributed by atoms with van der Waals surface area (Å²) in [6, 6.07) is -0.778. The lowest BCUT2D eigenvalue weighted by molar-refractivity contribution is -0.161. The van der Waals surface area contributed by atoms with Gasteiger partial charge in [-0.2, -0.15) is 0 Å². The number of Topliss-reactive ketones (excluding diaryl/α,β-unsaturated/α-hetero) is 1. The second-order valence-electron chi connectivity index (χ2n) is 21.6. The number of ketones is 2. The van der Waals surface area contributed by atoms with Gasteiger partial charge < -0.3 is 38.8 Å². The Morgan fingerprint density at radius 1 is 0.886 bits per heavy atom. The third-order valence-corrected chi connectivity index (χ3v) is 15.7. The molecule has 0 spiro atoms. The van der Waals surface area contributed by atoms with Crippen molar-refractivity contribution >= 4 is 29.4 Å². The van der Waals surface area contributed by atoms with Crippen LogP contribution in [0.4, 0.5) is 0 Å². The summed E-state index contributed by atoms with van der Waals surface area (Å²) in [5.41, 5.74) is 1.16. The quantitative estimate of drug-likeness (QED) is 0.0277. The molecule has 0 aromatic heterocycles. The van der Waals surface area contributed by atoms with Gasteiger partial charge in [0.25, 0.3) is 0 Å². The molecular formula is C57H91NO12. The summed E-state index contributed by atoms with van der Waals surface area (Å²) in [7, 11) is 4.64. The first-order valence-corrected chi connectivity index (χ1v) is 26.2. The van der Waals surface area contributed by atoms with Crippen molar-refractivity contribution in [1.82, 2.24) is 4.90 Å². The molecule has 0 radical (unpaired) electrons. The van der Waals surface area contributed by atoms with Crippen LogP contribution in [0, 0.1) is 46.8 Å². The monoisotopic (exact) mass is 982 g/mol. The van der Waals surface area contributed by atoms with E-state index in [0.29, 0.717) is 50.6 Å². The lowest BCUT2D eigenvalue weighted by Crippen LogP contribution is -2.52. The average Bonchev–Trinajstić information content (AvgIpc) is 3.33. The van der Waals surface area contributed by atoms with Crippen LogP contribution in [0.15, 0.2) is 59.4 Å². The van der Waals surface area contributed by atoms with E-state index in [1.54, 1.807) is 39.0 Å². The second kappa shape index (κ2) is 29.1. The Balaban J connectivity index is 1.72. The molecule has 396 valence electrons. The van der Waals surface area contributed by atoms with Gasteiger partial charge >= 0.3 is 11.9 Å². The number of amides is 1.